The van der Waals surface area contributed by atoms with Crippen molar-refractivity contribution in [2.45, 2.75) is 38.4 Å². The first-order chi connectivity index (χ1) is 8.03. The summed E-state index contributed by atoms with van der Waals surface area (Å²) in [5, 5.41) is 3.07. The van der Waals surface area contributed by atoms with E-state index in [4.69, 9.17) is 0 Å². The van der Waals surface area contributed by atoms with Gasteiger partial charge in [-0.3, -0.25) is 0 Å². The number of aromatic nitrogens is 2. The molecule has 96 valence electrons. The summed E-state index contributed by atoms with van der Waals surface area (Å²) in [4.78, 5) is 7.75. The van der Waals surface area contributed by atoms with E-state index in [1.807, 2.05) is 6.92 Å². The second-order valence-electron chi connectivity index (χ2n) is 3.79. The van der Waals surface area contributed by atoms with Crippen LogP contribution < -0.4 is 5.32 Å². The largest absolute Gasteiger partial charge is 0.389 e. The zero-order chi connectivity index (χ0) is 12.7. The molecule has 0 aromatic carbocycles. The summed E-state index contributed by atoms with van der Waals surface area (Å²) in [6.07, 6.45) is -1.17. The Hall–Kier alpha value is -1.17. The highest BCUT2D eigenvalue weighted by molar-refractivity contribution is 5.04. The van der Waals surface area contributed by atoms with Gasteiger partial charge in [-0.15, -0.1) is 0 Å². The number of rotatable bonds is 6. The van der Waals surface area contributed by atoms with E-state index in [2.05, 4.69) is 15.3 Å². The summed E-state index contributed by atoms with van der Waals surface area (Å²) >= 11 is 0. The van der Waals surface area contributed by atoms with E-state index >= 15 is 0 Å². The van der Waals surface area contributed by atoms with Crippen LogP contribution in [0.3, 0.4) is 0 Å². The molecular formula is C11H16F3N3. The summed E-state index contributed by atoms with van der Waals surface area (Å²) in [6.45, 7) is 2.64. The first kappa shape index (κ1) is 13.9. The average molecular weight is 247 g/mol. The van der Waals surface area contributed by atoms with Crippen LogP contribution in [0.1, 0.15) is 37.9 Å². The molecule has 3 nitrogen and oxygen atoms in total. The molecule has 0 saturated carbocycles. The Bertz CT molecular complexity index is 313. The van der Waals surface area contributed by atoms with Crippen LogP contribution in [0.4, 0.5) is 13.2 Å². The molecule has 0 radical (unpaired) electrons. The molecule has 1 atom stereocenters. The lowest BCUT2D eigenvalue weighted by atomic mass is 10.1. The lowest BCUT2D eigenvalue weighted by Crippen LogP contribution is -2.24. The average Bonchev–Trinajstić information content (AvgIpc) is 2.29. The molecule has 0 aliphatic rings. The quantitative estimate of drug-likeness (QED) is 0.840. The van der Waals surface area contributed by atoms with Gasteiger partial charge in [0.25, 0.3) is 0 Å². The Morgan fingerprint density at radius 3 is 2.71 bits per heavy atom. The SMILES string of the molecule is CCCNC(CCC(F)(F)F)c1ccncn1. The Labute approximate surface area is 98.5 Å². The number of nitrogens with one attached hydrogen (secondary N) is 1. The van der Waals surface area contributed by atoms with Crippen molar-refractivity contribution in [3.8, 4) is 0 Å². The molecule has 0 aliphatic carbocycles. The van der Waals surface area contributed by atoms with Gasteiger partial charge < -0.3 is 5.32 Å². The zero-order valence-electron chi connectivity index (χ0n) is 9.67. The maximum Gasteiger partial charge on any atom is 0.389 e. The molecule has 0 fully saturated rings. The minimum absolute atomic E-state index is 0.000509. The van der Waals surface area contributed by atoms with Crippen molar-refractivity contribution < 1.29 is 13.2 Å². The van der Waals surface area contributed by atoms with Crippen LogP contribution in [0.25, 0.3) is 0 Å². The molecule has 1 aromatic heterocycles. The summed E-state index contributed by atoms with van der Waals surface area (Å²) in [5.74, 6) is 0. The van der Waals surface area contributed by atoms with Crippen molar-refractivity contribution in [2.75, 3.05) is 6.54 Å². The van der Waals surface area contributed by atoms with Crippen LogP contribution >= 0.6 is 0 Å². The molecule has 6 heteroatoms. The van der Waals surface area contributed by atoms with E-state index in [1.54, 1.807) is 6.07 Å². The zero-order valence-corrected chi connectivity index (χ0v) is 9.67. The Balaban J connectivity index is 2.61. The normalized spacial score (nSPS) is 13.6. The highest BCUT2D eigenvalue weighted by Crippen LogP contribution is 2.26. The second kappa shape index (κ2) is 6.54. The van der Waals surface area contributed by atoms with E-state index in [0.29, 0.717) is 12.2 Å². The summed E-state index contributed by atoms with van der Waals surface area (Å²) in [6, 6.07) is 1.28. The molecule has 0 saturated heterocycles. The molecule has 17 heavy (non-hydrogen) atoms. The van der Waals surface area contributed by atoms with Crippen molar-refractivity contribution in [1.82, 2.24) is 15.3 Å². The van der Waals surface area contributed by atoms with Gasteiger partial charge in [-0.2, -0.15) is 13.2 Å². The summed E-state index contributed by atoms with van der Waals surface area (Å²) < 4.78 is 36.6. The van der Waals surface area contributed by atoms with Gasteiger partial charge in [0, 0.05) is 18.7 Å². The topological polar surface area (TPSA) is 37.8 Å². The van der Waals surface area contributed by atoms with Crippen molar-refractivity contribution >= 4 is 0 Å². The third kappa shape index (κ3) is 5.63. The molecule has 0 amide bonds. The molecular weight excluding hydrogens is 231 g/mol. The van der Waals surface area contributed by atoms with Gasteiger partial charge in [0.2, 0.25) is 0 Å². The predicted octanol–water partition coefficient (Wildman–Crippen LogP) is 2.86. The molecule has 0 aliphatic heterocycles. The van der Waals surface area contributed by atoms with E-state index in [0.717, 1.165) is 6.42 Å². The van der Waals surface area contributed by atoms with Gasteiger partial charge in [-0.1, -0.05) is 6.92 Å². The van der Waals surface area contributed by atoms with Crippen LogP contribution in [-0.2, 0) is 0 Å². The number of hydrogen-bond donors (Lipinski definition) is 1. The number of alkyl halides is 3. The molecule has 1 heterocycles. The first-order valence-corrected chi connectivity index (χ1v) is 5.59. The smallest absolute Gasteiger partial charge is 0.309 e. The number of hydrogen-bond acceptors (Lipinski definition) is 3. The Kier molecular flexibility index (Phi) is 5.34. The van der Waals surface area contributed by atoms with Crippen molar-refractivity contribution in [2.24, 2.45) is 0 Å². The monoisotopic (exact) mass is 247 g/mol. The van der Waals surface area contributed by atoms with Gasteiger partial charge >= 0.3 is 6.18 Å². The van der Waals surface area contributed by atoms with E-state index < -0.39 is 12.6 Å². The lowest BCUT2D eigenvalue weighted by molar-refractivity contribution is -0.136. The van der Waals surface area contributed by atoms with Crippen LogP contribution in [0.2, 0.25) is 0 Å². The third-order valence-electron chi connectivity index (χ3n) is 2.32. The van der Waals surface area contributed by atoms with Crippen LogP contribution in [-0.4, -0.2) is 22.7 Å². The van der Waals surface area contributed by atoms with Gasteiger partial charge in [0.05, 0.1) is 5.69 Å². The van der Waals surface area contributed by atoms with Gasteiger partial charge in [-0.25, -0.2) is 9.97 Å². The molecule has 0 spiro atoms. The predicted molar refractivity (Wildman–Crippen MR) is 58.4 cm³/mol. The second-order valence-corrected chi connectivity index (χ2v) is 3.79. The van der Waals surface area contributed by atoms with Gasteiger partial charge in [-0.05, 0) is 25.5 Å². The summed E-state index contributed by atoms with van der Waals surface area (Å²) in [7, 11) is 0. The summed E-state index contributed by atoms with van der Waals surface area (Å²) in [5.41, 5.74) is 0.609. The first-order valence-electron chi connectivity index (χ1n) is 5.59. The van der Waals surface area contributed by atoms with Crippen molar-refractivity contribution in [1.29, 1.82) is 0 Å². The fraction of sp³-hybridized carbons (Fsp3) is 0.636. The molecule has 1 rings (SSSR count). The third-order valence-corrected chi connectivity index (χ3v) is 2.32. The lowest BCUT2D eigenvalue weighted by Gasteiger charge is -2.18. The molecule has 1 N–H and O–H groups in total. The molecule has 1 aromatic rings. The molecule has 0 bridgehead atoms. The minimum Gasteiger partial charge on any atom is -0.309 e. The fourth-order valence-corrected chi connectivity index (χ4v) is 1.49. The maximum absolute atomic E-state index is 12.2. The van der Waals surface area contributed by atoms with Crippen molar-refractivity contribution in [3.63, 3.8) is 0 Å². The van der Waals surface area contributed by atoms with E-state index in [1.165, 1.54) is 12.5 Å². The number of nitrogens with zero attached hydrogens (tertiary/aromatic N) is 2. The van der Waals surface area contributed by atoms with Gasteiger partial charge in [0.15, 0.2) is 0 Å². The highest BCUT2D eigenvalue weighted by Gasteiger charge is 2.28. The number of halogens is 3. The Morgan fingerprint density at radius 2 is 2.18 bits per heavy atom. The van der Waals surface area contributed by atoms with Gasteiger partial charge in [0.1, 0.15) is 6.33 Å². The van der Waals surface area contributed by atoms with Crippen LogP contribution in [0.15, 0.2) is 18.6 Å². The van der Waals surface area contributed by atoms with E-state index in [-0.39, 0.29) is 12.5 Å². The fourth-order valence-electron chi connectivity index (χ4n) is 1.49. The highest BCUT2D eigenvalue weighted by atomic mass is 19.4. The molecule has 1 unspecified atom stereocenters. The van der Waals surface area contributed by atoms with Crippen LogP contribution in [0.5, 0.6) is 0 Å². The van der Waals surface area contributed by atoms with Crippen LogP contribution in [0, 0.1) is 0 Å². The maximum atomic E-state index is 12.2. The Morgan fingerprint density at radius 1 is 1.41 bits per heavy atom. The van der Waals surface area contributed by atoms with E-state index in [9.17, 15) is 13.2 Å². The standard InChI is InChI=1S/C11H16F3N3/c1-2-6-16-9(3-5-11(12,13)14)10-4-7-15-8-17-10/h4,7-9,16H,2-3,5-6H2,1H3. The minimum atomic E-state index is -4.13. The van der Waals surface area contributed by atoms with Crippen molar-refractivity contribution in [3.05, 3.63) is 24.3 Å².